The van der Waals surface area contributed by atoms with Gasteiger partial charge in [0.2, 0.25) is 0 Å². The Morgan fingerprint density at radius 3 is 2.86 bits per heavy atom. The number of aryl methyl sites for hydroxylation is 1. The predicted octanol–water partition coefficient (Wildman–Crippen LogP) is 2.27. The second-order valence-electron chi connectivity index (χ2n) is 3.83. The molecule has 0 bridgehead atoms. The molecule has 74 valence electrons. The van der Waals surface area contributed by atoms with Gasteiger partial charge < -0.3 is 9.67 Å². The van der Waals surface area contributed by atoms with Gasteiger partial charge in [-0.15, -0.1) is 0 Å². The van der Waals surface area contributed by atoms with Gasteiger partial charge in [0.05, 0.1) is 0 Å². The lowest BCUT2D eigenvalue weighted by Gasteiger charge is -2.08. The van der Waals surface area contributed by atoms with Crippen LogP contribution in [0, 0.1) is 0 Å². The molecule has 0 saturated heterocycles. The van der Waals surface area contributed by atoms with Crippen molar-refractivity contribution in [2.45, 2.75) is 12.8 Å². The fourth-order valence-corrected chi connectivity index (χ4v) is 1.69. The van der Waals surface area contributed by atoms with E-state index in [1.54, 1.807) is 0 Å². The zero-order valence-corrected chi connectivity index (χ0v) is 8.57. The smallest absolute Gasteiger partial charge is 0.0497 e. The topological polar surface area (TPSA) is 25.2 Å². The number of nitrogens with zero attached hydrogens (tertiary/aromatic N) is 1. The Bertz CT molecular complexity index is 445. The molecule has 0 aliphatic carbocycles. The van der Waals surface area contributed by atoms with E-state index in [-0.39, 0.29) is 12.5 Å². The van der Waals surface area contributed by atoms with Crippen molar-refractivity contribution in [3.8, 4) is 0 Å². The fraction of sp³-hybridized carbons (Fsp3) is 0.333. The van der Waals surface area contributed by atoms with E-state index in [0.717, 1.165) is 0 Å². The molecule has 1 heterocycles. The third-order valence-corrected chi connectivity index (χ3v) is 2.76. The Balaban J connectivity index is 2.54. The van der Waals surface area contributed by atoms with E-state index in [0.29, 0.717) is 0 Å². The minimum absolute atomic E-state index is 0.204. The molecule has 0 aliphatic heterocycles. The first-order valence-electron chi connectivity index (χ1n) is 4.88. The van der Waals surface area contributed by atoms with Crippen molar-refractivity contribution in [3.63, 3.8) is 0 Å². The summed E-state index contributed by atoms with van der Waals surface area (Å²) in [5.74, 6) is 0.217. The lowest BCUT2D eigenvalue weighted by molar-refractivity contribution is 0.273. The Hall–Kier alpha value is -1.28. The zero-order valence-electron chi connectivity index (χ0n) is 8.57. The maximum Gasteiger partial charge on any atom is 0.0497 e. The van der Waals surface area contributed by atoms with Gasteiger partial charge in [-0.2, -0.15) is 0 Å². The minimum atomic E-state index is 0.204. The summed E-state index contributed by atoms with van der Waals surface area (Å²) in [6.45, 7) is 2.24. The third kappa shape index (κ3) is 1.42. The van der Waals surface area contributed by atoms with Crippen molar-refractivity contribution in [2.24, 2.45) is 7.05 Å². The molecule has 0 aliphatic rings. The van der Waals surface area contributed by atoms with E-state index < -0.39 is 0 Å². The number of benzene rings is 1. The number of hydrogen-bond acceptors (Lipinski definition) is 1. The first-order valence-corrected chi connectivity index (χ1v) is 4.88. The van der Waals surface area contributed by atoms with Gasteiger partial charge in [0, 0.05) is 31.3 Å². The van der Waals surface area contributed by atoms with Crippen molar-refractivity contribution in [1.82, 2.24) is 4.57 Å². The average Bonchev–Trinajstić information content (AvgIpc) is 2.59. The number of rotatable bonds is 2. The largest absolute Gasteiger partial charge is 0.396 e. The highest BCUT2D eigenvalue weighted by molar-refractivity contribution is 5.80. The van der Waals surface area contributed by atoms with Crippen LogP contribution in [0.15, 0.2) is 30.5 Å². The summed E-state index contributed by atoms with van der Waals surface area (Å²) >= 11 is 0. The van der Waals surface area contributed by atoms with E-state index in [2.05, 4.69) is 35.0 Å². The molecule has 0 amide bonds. The van der Waals surface area contributed by atoms with E-state index in [1.807, 2.05) is 14.0 Å². The molecule has 1 N–H and O–H groups in total. The number of aromatic nitrogens is 1. The van der Waals surface area contributed by atoms with Gasteiger partial charge in [-0.3, -0.25) is 0 Å². The molecule has 2 heteroatoms. The third-order valence-electron chi connectivity index (χ3n) is 2.76. The second-order valence-corrected chi connectivity index (χ2v) is 3.83. The van der Waals surface area contributed by atoms with Crippen LogP contribution in [0.4, 0.5) is 0 Å². The monoisotopic (exact) mass is 189 g/mol. The summed E-state index contributed by atoms with van der Waals surface area (Å²) in [4.78, 5) is 0. The normalized spacial score (nSPS) is 13.4. The number of hydrogen-bond donors (Lipinski definition) is 1. The van der Waals surface area contributed by atoms with Crippen LogP contribution in [0.2, 0.25) is 0 Å². The van der Waals surface area contributed by atoms with E-state index in [9.17, 15) is 0 Å². The molecular formula is C12H15NO. The van der Waals surface area contributed by atoms with Crippen LogP contribution in [0.25, 0.3) is 10.9 Å². The Morgan fingerprint density at radius 2 is 2.14 bits per heavy atom. The highest BCUT2D eigenvalue weighted by atomic mass is 16.3. The van der Waals surface area contributed by atoms with Crippen molar-refractivity contribution in [1.29, 1.82) is 0 Å². The quantitative estimate of drug-likeness (QED) is 0.770. The molecule has 0 radical (unpaired) electrons. The Kier molecular flexibility index (Phi) is 2.30. The SMILES string of the molecule is CC(CO)c1ccc2ccn(C)c2c1. The van der Waals surface area contributed by atoms with Crippen LogP contribution in [0.5, 0.6) is 0 Å². The molecule has 1 aromatic heterocycles. The summed E-state index contributed by atoms with van der Waals surface area (Å²) in [6, 6.07) is 8.44. The van der Waals surface area contributed by atoms with E-state index in [4.69, 9.17) is 5.11 Å². The summed E-state index contributed by atoms with van der Waals surface area (Å²) in [5, 5.41) is 10.3. The van der Waals surface area contributed by atoms with Crippen LogP contribution < -0.4 is 0 Å². The van der Waals surface area contributed by atoms with Crippen molar-refractivity contribution >= 4 is 10.9 Å². The summed E-state index contributed by atoms with van der Waals surface area (Å²) in [7, 11) is 2.04. The molecule has 2 aromatic rings. The summed E-state index contributed by atoms with van der Waals surface area (Å²) < 4.78 is 2.10. The van der Waals surface area contributed by atoms with Crippen LogP contribution >= 0.6 is 0 Å². The van der Waals surface area contributed by atoms with Gasteiger partial charge in [0.25, 0.3) is 0 Å². The van der Waals surface area contributed by atoms with Crippen LogP contribution in [-0.4, -0.2) is 16.3 Å². The van der Waals surface area contributed by atoms with Gasteiger partial charge in [-0.25, -0.2) is 0 Å². The first-order chi connectivity index (χ1) is 6.72. The van der Waals surface area contributed by atoms with Crippen molar-refractivity contribution < 1.29 is 5.11 Å². The Morgan fingerprint density at radius 1 is 1.36 bits per heavy atom. The molecule has 0 spiro atoms. The average molecular weight is 189 g/mol. The number of fused-ring (bicyclic) bond motifs is 1. The van der Waals surface area contributed by atoms with E-state index >= 15 is 0 Å². The summed E-state index contributed by atoms with van der Waals surface area (Å²) in [6.07, 6.45) is 2.05. The molecule has 2 rings (SSSR count). The fourth-order valence-electron chi connectivity index (χ4n) is 1.69. The zero-order chi connectivity index (χ0) is 10.1. The Labute approximate surface area is 83.8 Å². The lowest BCUT2D eigenvalue weighted by atomic mass is 10.0. The molecule has 2 nitrogen and oxygen atoms in total. The highest BCUT2D eigenvalue weighted by Crippen LogP contribution is 2.21. The maximum atomic E-state index is 9.07. The number of aliphatic hydroxyl groups excluding tert-OH is 1. The first kappa shape index (κ1) is 9.28. The van der Waals surface area contributed by atoms with Gasteiger partial charge in [-0.05, 0) is 23.1 Å². The van der Waals surface area contributed by atoms with Crippen LogP contribution in [-0.2, 0) is 7.05 Å². The predicted molar refractivity (Wildman–Crippen MR) is 58.4 cm³/mol. The van der Waals surface area contributed by atoms with Crippen molar-refractivity contribution in [3.05, 3.63) is 36.0 Å². The standard InChI is InChI=1S/C12H15NO/c1-9(8-14)11-4-3-10-5-6-13(2)12(10)7-11/h3-7,9,14H,8H2,1-2H3. The molecule has 1 unspecified atom stereocenters. The van der Waals surface area contributed by atoms with Gasteiger partial charge in [0.15, 0.2) is 0 Å². The molecule has 0 fully saturated rings. The van der Waals surface area contributed by atoms with Gasteiger partial charge in [0.1, 0.15) is 0 Å². The van der Waals surface area contributed by atoms with Crippen LogP contribution in [0.3, 0.4) is 0 Å². The van der Waals surface area contributed by atoms with E-state index in [1.165, 1.54) is 16.5 Å². The molecule has 0 saturated carbocycles. The molecule has 1 aromatic carbocycles. The molecule has 14 heavy (non-hydrogen) atoms. The highest BCUT2D eigenvalue weighted by Gasteiger charge is 2.05. The number of aliphatic hydroxyl groups is 1. The van der Waals surface area contributed by atoms with Crippen LogP contribution in [0.1, 0.15) is 18.4 Å². The minimum Gasteiger partial charge on any atom is -0.396 e. The lowest BCUT2D eigenvalue weighted by Crippen LogP contribution is -1.98. The maximum absolute atomic E-state index is 9.07. The molecule has 1 atom stereocenters. The molecular weight excluding hydrogens is 174 g/mol. The van der Waals surface area contributed by atoms with Crippen molar-refractivity contribution in [2.75, 3.05) is 6.61 Å². The summed E-state index contributed by atoms with van der Waals surface area (Å²) in [5.41, 5.74) is 2.42. The van der Waals surface area contributed by atoms with Gasteiger partial charge >= 0.3 is 0 Å². The second kappa shape index (κ2) is 3.46. The van der Waals surface area contributed by atoms with Gasteiger partial charge in [-0.1, -0.05) is 19.1 Å².